The average molecular weight is 398 g/mol. The average Bonchev–Trinajstić information content (AvgIpc) is 3.22. The number of carbonyl (C=O) groups is 1. The number of benzene rings is 3. The lowest BCUT2D eigenvalue weighted by atomic mass is 10.1. The number of hydrogen-bond donors (Lipinski definition) is 0. The van der Waals surface area contributed by atoms with E-state index in [1.54, 1.807) is 4.68 Å². The summed E-state index contributed by atoms with van der Waals surface area (Å²) in [6, 6.07) is 27.3. The molecule has 0 aliphatic heterocycles. The van der Waals surface area contributed by atoms with Crippen LogP contribution in [0.15, 0.2) is 91.1 Å². The molecule has 5 heteroatoms. The summed E-state index contributed by atoms with van der Waals surface area (Å²) in [6.45, 7) is 1.95. The van der Waals surface area contributed by atoms with Gasteiger partial charge in [0.1, 0.15) is 12.4 Å². The first-order valence-corrected chi connectivity index (χ1v) is 9.73. The fourth-order valence-electron chi connectivity index (χ4n) is 3.11. The van der Waals surface area contributed by atoms with E-state index in [1.807, 2.05) is 98.0 Å². The molecule has 0 bridgehead atoms. The van der Waals surface area contributed by atoms with Crippen molar-refractivity contribution in [3.63, 3.8) is 0 Å². The first kappa shape index (κ1) is 19.5. The molecule has 0 aliphatic carbocycles. The minimum absolute atomic E-state index is 0.118. The Labute approximate surface area is 175 Å². The number of ether oxygens (including phenoxy) is 2. The highest BCUT2D eigenvalue weighted by molar-refractivity contribution is 5.71. The molecule has 4 rings (SSSR count). The van der Waals surface area contributed by atoms with Crippen molar-refractivity contribution in [2.24, 2.45) is 0 Å². The lowest BCUT2D eigenvalue weighted by Crippen LogP contribution is -2.14. The van der Waals surface area contributed by atoms with Gasteiger partial charge in [0, 0.05) is 17.3 Å². The summed E-state index contributed by atoms with van der Waals surface area (Å²) >= 11 is 0. The molecule has 0 atom stereocenters. The SMILES string of the molecule is Cc1cccc(OCC(=O)OCc2cn(-c3ccccc3)nc2-c2ccccc2)c1. The monoisotopic (exact) mass is 398 g/mol. The molecule has 3 aromatic carbocycles. The Bertz CT molecular complexity index is 1120. The van der Waals surface area contributed by atoms with Crippen molar-refractivity contribution in [1.82, 2.24) is 9.78 Å². The topological polar surface area (TPSA) is 53.4 Å². The van der Waals surface area contributed by atoms with Gasteiger partial charge in [0.25, 0.3) is 0 Å². The van der Waals surface area contributed by atoms with Crippen molar-refractivity contribution in [1.29, 1.82) is 0 Å². The van der Waals surface area contributed by atoms with Gasteiger partial charge in [-0.3, -0.25) is 0 Å². The van der Waals surface area contributed by atoms with Crippen molar-refractivity contribution in [3.8, 4) is 22.7 Å². The predicted molar refractivity (Wildman–Crippen MR) is 115 cm³/mol. The largest absolute Gasteiger partial charge is 0.482 e. The summed E-state index contributed by atoms with van der Waals surface area (Å²) in [5.74, 6) is 0.219. The maximum absolute atomic E-state index is 12.2. The zero-order valence-corrected chi connectivity index (χ0v) is 16.7. The van der Waals surface area contributed by atoms with E-state index in [4.69, 9.17) is 14.6 Å². The molecule has 0 saturated carbocycles. The van der Waals surface area contributed by atoms with Crippen molar-refractivity contribution in [2.75, 3.05) is 6.61 Å². The molecule has 1 heterocycles. The summed E-state index contributed by atoms with van der Waals surface area (Å²) in [5.41, 5.74) is 4.59. The first-order valence-electron chi connectivity index (χ1n) is 9.73. The summed E-state index contributed by atoms with van der Waals surface area (Å²) < 4.78 is 12.8. The van der Waals surface area contributed by atoms with E-state index in [1.165, 1.54) is 0 Å². The molecule has 5 nitrogen and oxygen atoms in total. The summed E-state index contributed by atoms with van der Waals surface area (Å²) in [6.07, 6.45) is 1.90. The molecule has 0 N–H and O–H groups in total. The minimum Gasteiger partial charge on any atom is -0.482 e. The zero-order chi connectivity index (χ0) is 20.8. The van der Waals surface area contributed by atoms with Crippen LogP contribution in [-0.4, -0.2) is 22.4 Å². The van der Waals surface area contributed by atoms with Gasteiger partial charge in [0.05, 0.1) is 11.4 Å². The quantitative estimate of drug-likeness (QED) is 0.413. The molecule has 30 heavy (non-hydrogen) atoms. The van der Waals surface area contributed by atoms with Crippen LogP contribution in [0.3, 0.4) is 0 Å². The molecule has 1 aromatic heterocycles. The van der Waals surface area contributed by atoms with E-state index in [2.05, 4.69) is 0 Å². The highest BCUT2D eigenvalue weighted by Crippen LogP contribution is 2.24. The van der Waals surface area contributed by atoms with Crippen LogP contribution in [0.4, 0.5) is 0 Å². The molecule has 0 spiro atoms. The van der Waals surface area contributed by atoms with Crippen LogP contribution < -0.4 is 4.74 Å². The lowest BCUT2D eigenvalue weighted by Gasteiger charge is -2.08. The minimum atomic E-state index is -0.428. The number of hydrogen-bond acceptors (Lipinski definition) is 4. The van der Waals surface area contributed by atoms with Crippen molar-refractivity contribution in [3.05, 3.63) is 102 Å². The van der Waals surface area contributed by atoms with E-state index in [9.17, 15) is 4.79 Å². The van der Waals surface area contributed by atoms with Crippen LogP contribution in [0.25, 0.3) is 16.9 Å². The molecule has 0 unspecified atom stereocenters. The molecule has 0 aliphatic rings. The van der Waals surface area contributed by atoms with E-state index < -0.39 is 5.97 Å². The maximum Gasteiger partial charge on any atom is 0.344 e. The fourth-order valence-corrected chi connectivity index (χ4v) is 3.11. The van der Waals surface area contributed by atoms with Crippen LogP contribution in [0.2, 0.25) is 0 Å². The molecule has 0 fully saturated rings. The van der Waals surface area contributed by atoms with E-state index in [0.717, 1.165) is 28.1 Å². The maximum atomic E-state index is 12.2. The summed E-state index contributed by atoms with van der Waals surface area (Å²) in [4.78, 5) is 12.2. The summed E-state index contributed by atoms with van der Waals surface area (Å²) in [5, 5.41) is 4.73. The predicted octanol–water partition coefficient (Wildman–Crippen LogP) is 4.97. The smallest absolute Gasteiger partial charge is 0.344 e. The molecule has 4 aromatic rings. The third-order valence-corrected chi connectivity index (χ3v) is 4.59. The van der Waals surface area contributed by atoms with Crippen molar-refractivity contribution in [2.45, 2.75) is 13.5 Å². The van der Waals surface area contributed by atoms with Gasteiger partial charge < -0.3 is 9.47 Å². The third kappa shape index (κ3) is 4.75. The third-order valence-electron chi connectivity index (χ3n) is 4.59. The van der Waals surface area contributed by atoms with Crippen molar-refractivity contribution < 1.29 is 14.3 Å². The lowest BCUT2D eigenvalue weighted by molar-refractivity contribution is -0.147. The van der Waals surface area contributed by atoms with Gasteiger partial charge in [0.2, 0.25) is 0 Å². The van der Waals surface area contributed by atoms with Gasteiger partial charge in [0.15, 0.2) is 6.61 Å². The van der Waals surface area contributed by atoms with E-state index in [0.29, 0.717) is 5.75 Å². The van der Waals surface area contributed by atoms with Crippen LogP contribution in [0.1, 0.15) is 11.1 Å². The van der Waals surface area contributed by atoms with Gasteiger partial charge >= 0.3 is 5.97 Å². The number of rotatable bonds is 7. The van der Waals surface area contributed by atoms with Crippen LogP contribution in [0, 0.1) is 6.92 Å². The Balaban J connectivity index is 1.48. The Morgan fingerprint density at radius 1 is 0.933 bits per heavy atom. The highest BCUT2D eigenvalue weighted by Gasteiger charge is 2.14. The molecule has 0 radical (unpaired) electrons. The van der Waals surface area contributed by atoms with Crippen molar-refractivity contribution >= 4 is 5.97 Å². The van der Waals surface area contributed by atoms with Crippen LogP contribution in [0.5, 0.6) is 5.75 Å². The van der Waals surface area contributed by atoms with Gasteiger partial charge in [-0.15, -0.1) is 0 Å². The highest BCUT2D eigenvalue weighted by atomic mass is 16.6. The Hall–Kier alpha value is -3.86. The molecule has 0 amide bonds. The standard InChI is InChI=1S/C25H22N2O3/c1-19-9-8-14-23(15-19)29-18-24(28)30-17-21-16-27(22-12-6-3-7-13-22)26-25(21)20-10-4-2-5-11-20/h2-16H,17-18H2,1H3. The first-order chi connectivity index (χ1) is 14.7. The van der Waals surface area contributed by atoms with E-state index in [-0.39, 0.29) is 13.2 Å². The van der Waals surface area contributed by atoms with E-state index >= 15 is 0 Å². The number of aromatic nitrogens is 2. The number of esters is 1. The van der Waals surface area contributed by atoms with Gasteiger partial charge in [-0.1, -0.05) is 60.7 Å². The zero-order valence-electron chi connectivity index (χ0n) is 16.7. The van der Waals surface area contributed by atoms with Crippen LogP contribution >= 0.6 is 0 Å². The van der Waals surface area contributed by atoms with Gasteiger partial charge in [-0.25, -0.2) is 9.48 Å². The second-order valence-corrected chi connectivity index (χ2v) is 6.91. The molecular weight excluding hydrogens is 376 g/mol. The molecular formula is C25H22N2O3. The Kier molecular flexibility index (Phi) is 5.90. The second kappa shape index (κ2) is 9.09. The number of nitrogens with zero attached hydrogens (tertiary/aromatic N) is 2. The second-order valence-electron chi connectivity index (χ2n) is 6.91. The normalized spacial score (nSPS) is 10.6. The van der Waals surface area contributed by atoms with Gasteiger partial charge in [-0.2, -0.15) is 5.10 Å². The molecule has 150 valence electrons. The summed E-state index contributed by atoms with van der Waals surface area (Å²) in [7, 11) is 0. The Morgan fingerprint density at radius 2 is 1.67 bits per heavy atom. The number of carbonyl (C=O) groups excluding carboxylic acids is 1. The van der Waals surface area contributed by atoms with Crippen LogP contribution in [-0.2, 0) is 16.1 Å². The number of aryl methyl sites for hydroxylation is 1. The Morgan fingerprint density at radius 3 is 2.40 bits per heavy atom. The fraction of sp³-hybridized carbons (Fsp3) is 0.120. The number of para-hydroxylation sites is 1. The van der Waals surface area contributed by atoms with Gasteiger partial charge in [-0.05, 0) is 36.8 Å². The molecule has 0 saturated heterocycles.